The normalized spacial score (nSPS) is 19.6. The monoisotopic (exact) mass is 459 g/mol. The largest absolute Gasteiger partial charge is 0.356 e. The fraction of sp³-hybridized carbons (Fsp3) is 0.280. The predicted molar refractivity (Wildman–Crippen MR) is 127 cm³/mol. The lowest BCUT2D eigenvalue weighted by atomic mass is 9.91. The van der Waals surface area contributed by atoms with Crippen LogP contribution in [0.5, 0.6) is 0 Å². The molecule has 9 heteroatoms. The number of para-hydroxylation sites is 1. The lowest BCUT2D eigenvalue weighted by Gasteiger charge is -2.24. The number of nitrogens with zero attached hydrogens (tertiary/aromatic N) is 1. The number of aromatic nitrogens is 1. The summed E-state index contributed by atoms with van der Waals surface area (Å²) in [4.78, 5) is 54.1. The molecule has 2 atom stereocenters. The van der Waals surface area contributed by atoms with E-state index in [0.717, 1.165) is 35.4 Å². The summed E-state index contributed by atoms with van der Waals surface area (Å²) in [5.41, 5.74) is 4.08. The molecule has 5 amide bonds. The van der Waals surface area contributed by atoms with Crippen LogP contribution in [0.3, 0.4) is 0 Å². The molecule has 0 spiro atoms. The molecule has 34 heavy (non-hydrogen) atoms. The number of hydrogen-bond donors (Lipinski definition) is 4. The molecular weight excluding hydrogens is 434 g/mol. The molecule has 1 aliphatic carbocycles. The van der Waals surface area contributed by atoms with Gasteiger partial charge in [-0.25, -0.2) is 9.69 Å². The molecule has 9 nitrogen and oxygen atoms in total. The summed E-state index contributed by atoms with van der Waals surface area (Å²) in [5, 5.41) is 9.45. The Bertz CT molecular complexity index is 1310. The van der Waals surface area contributed by atoms with Crippen molar-refractivity contribution in [2.24, 2.45) is 0 Å². The number of hydrogen-bond acceptors (Lipinski definition) is 4. The van der Waals surface area contributed by atoms with Crippen LogP contribution < -0.4 is 20.9 Å². The molecule has 2 aromatic carbocycles. The van der Waals surface area contributed by atoms with E-state index in [4.69, 9.17) is 0 Å². The van der Waals surface area contributed by atoms with Crippen molar-refractivity contribution < 1.29 is 19.2 Å². The van der Waals surface area contributed by atoms with E-state index in [9.17, 15) is 19.2 Å². The van der Waals surface area contributed by atoms with Gasteiger partial charge in [0.25, 0.3) is 5.91 Å². The van der Waals surface area contributed by atoms with Crippen LogP contribution in [-0.4, -0.2) is 34.8 Å². The molecule has 2 aliphatic rings. The highest BCUT2D eigenvalue weighted by atomic mass is 16.2. The number of H-pyrrole nitrogens is 1. The highest BCUT2D eigenvalue weighted by Gasteiger charge is 2.40. The zero-order valence-corrected chi connectivity index (χ0v) is 18.7. The van der Waals surface area contributed by atoms with E-state index in [2.05, 4.69) is 27.0 Å². The molecule has 4 N–H and O–H groups in total. The third-order valence-corrected chi connectivity index (χ3v) is 6.28. The number of fused-ring (bicyclic) bond motifs is 3. The van der Waals surface area contributed by atoms with Crippen molar-refractivity contribution in [2.75, 3.05) is 10.2 Å². The number of carbonyl (C=O) groups is 4. The Balaban J connectivity index is 1.28. The number of aryl methyl sites for hydroxylation is 1. The number of aromatic amines is 1. The molecule has 0 unspecified atom stereocenters. The summed E-state index contributed by atoms with van der Waals surface area (Å²) in [6.45, 7) is 1.38. The van der Waals surface area contributed by atoms with Crippen molar-refractivity contribution in [2.45, 2.75) is 44.7 Å². The summed E-state index contributed by atoms with van der Waals surface area (Å²) >= 11 is 0. The lowest BCUT2D eigenvalue weighted by molar-refractivity contribution is -0.126. The summed E-state index contributed by atoms with van der Waals surface area (Å²) in [6, 6.07) is 12.8. The fourth-order valence-electron chi connectivity index (χ4n) is 4.84. The second-order valence-corrected chi connectivity index (χ2v) is 8.69. The maximum absolute atomic E-state index is 13.0. The zero-order chi connectivity index (χ0) is 23.8. The van der Waals surface area contributed by atoms with Gasteiger partial charge in [-0.05, 0) is 49.1 Å². The Morgan fingerprint density at radius 1 is 1.12 bits per heavy atom. The standard InChI is InChI=1S/C25H25N5O4/c1-14(31)26-15-6-4-7-16(12-15)30-24(33)21(29-25(30)34)13-22(32)27-20-11-5-9-18-17-8-2-3-10-19(17)28-23(18)20/h2-4,6-8,10,12,20-21,28H,5,9,11,13H2,1H3,(H,26,31)(H,27,32)(H,29,34)/t20-,21+/m1/s1. The Hall–Kier alpha value is -4.14. The summed E-state index contributed by atoms with van der Waals surface area (Å²) in [7, 11) is 0. The molecule has 0 radical (unpaired) electrons. The number of imide groups is 1. The Morgan fingerprint density at radius 2 is 1.94 bits per heavy atom. The molecule has 1 saturated heterocycles. The van der Waals surface area contributed by atoms with Crippen LogP contribution in [0.1, 0.15) is 43.5 Å². The first-order valence-electron chi connectivity index (χ1n) is 11.3. The topological polar surface area (TPSA) is 123 Å². The number of benzene rings is 2. The van der Waals surface area contributed by atoms with Gasteiger partial charge >= 0.3 is 6.03 Å². The summed E-state index contributed by atoms with van der Waals surface area (Å²) in [5.74, 6) is -1.07. The molecule has 174 valence electrons. The lowest BCUT2D eigenvalue weighted by Crippen LogP contribution is -2.38. The van der Waals surface area contributed by atoms with Crippen LogP contribution in [0, 0.1) is 0 Å². The van der Waals surface area contributed by atoms with Crippen LogP contribution >= 0.6 is 0 Å². The maximum Gasteiger partial charge on any atom is 0.329 e. The Kier molecular flexibility index (Phi) is 5.53. The Morgan fingerprint density at radius 3 is 2.76 bits per heavy atom. The maximum atomic E-state index is 13.0. The SMILES string of the molecule is CC(=O)Nc1cccc(N2C(=O)N[C@@H](CC(=O)N[C@@H]3CCCc4c3[nH]c3ccccc43)C2=O)c1. The van der Waals surface area contributed by atoms with Gasteiger partial charge in [0.1, 0.15) is 6.04 Å². The van der Waals surface area contributed by atoms with Gasteiger partial charge in [-0.3, -0.25) is 14.4 Å². The molecule has 1 aliphatic heterocycles. The van der Waals surface area contributed by atoms with Crippen molar-refractivity contribution in [3.05, 3.63) is 59.8 Å². The van der Waals surface area contributed by atoms with Gasteiger partial charge in [-0.2, -0.15) is 0 Å². The van der Waals surface area contributed by atoms with E-state index in [1.54, 1.807) is 24.3 Å². The van der Waals surface area contributed by atoms with Crippen LogP contribution in [-0.2, 0) is 20.8 Å². The van der Waals surface area contributed by atoms with Crippen molar-refractivity contribution in [3.63, 3.8) is 0 Å². The van der Waals surface area contributed by atoms with E-state index in [1.165, 1.54) is 17.9 Å². The average molecular weight is 460 g/mol. The van der Waals surface area contributed by atoms with E-state index < -0.39 is 18.0 Å². The van der Waals surface area contributed by atoms with Crippen molar-refractivity contribution in [3.8, 4) is 0 Å². The minimum Gasteiger partial charge on any atom is -0.356 e. The summed E-state index contributed by atoms with van der Waals surface area (Å²) < 4.78 is 0. The smallest absolute Gasteiger partial charge is 0.329 e. The van der Waals surface area contributed by atoms with Crippen molar-refractivity contribution in [1.82, 2.24) is 15.6 Å². The second-order valence-electron chi connectivity index (χ2n) is 8.69. The van der Waals surface area contributed by atoms with E-state index in [0.29, 0.717) is 11.4 Å². The minimum absolute atomic E-state index is 0.154. The first-order chi connectivity index (χ1) is 16.4. The van der Waals surface area contributed by atoms with Crippen molar-refractivity contribution in [1.29, 1.82) is 0 Å². The van der Waals surface area contributed by atoms with Crippen LogP contribution in [0.15, 0.2) is 48.5 Å². The number of amides is 5. The van der Waals surface area contributed by atoms with Crippen molar-refractivity contribution >= 4 is 46.0 Å². The van der Waals surface area contributed by atoms with Gasteiger partial charge in [-0.1, -0.05) is 24.3 Å². The van der Waals surface area contributed by atoms with Gasteiger partial charge in [0.2, 0.25) is 11.8 Å². The highest BCUT2D eigenvalue weighted by molar-refractivity contribution is 6.22. The zero-order valence-electron chi connectivity index (χ0n) is 18.7. The number of rotatable bonds is 5. The van der Waals surface area contributed by atoms with Gasteiger partial charge in [0.05, 0.1) is 18.2 Å². The molecule has 1 fully saturated rings. The second kappa shape index (κ2) is 8.66. The van der Waals surface area contributed by atoms with E-state index in [-0.39, 0.29) is 24.3 Å². The third-order valence-electron chi connectivity index (χ3n) is 6.28. The van der Waals surface area contributed by atoms with Crippen LogP contribution in [0.25, 0.3) is 10.9 Å². The van der Waals surface area contributed by atoms with E-state index in [1.807, 2.05) is 18.2 Å². The first kappa shape index (κ1) is 21.7. The van der Waals surface area contributed by atoms with Crippen LogP contribution in [0.4, 0.5) is 16.2 Å². The molecule has 0 bridgehead atoms. The number of nitrogens with one attached hydrogen (secondary N) is 4. The Labute approximate surface area is 195 Å². The molecule has 0 saturated carbocycles. The molecular formula is C25H25N5O4. The third kappa shape index (κ3) is 4.00. The quantitative estimate of drug-likeness (QED) is 0.438. The molecule has 1 aromatic heterocycles. The van der Waals surface area contributed by atoms with Gasteiger partial charge < -0.3 is 20.9 Å². The van der Waals surface area contributed by atoms with Gasteiger partial charge in [0.15, 0.2) is 0 Å². The van der Waals surface area contributed by atoms with E-state index >= 15 is 0 Å². The van der Waals surface area contributed by atoms with Crippen LogP contribution in [0.2, 0.25) is 0 Å². The predicted octanol–water partition coefficient (Wildman–Crippen LogP) is 3.14. The fourth-order valence-corrected chi connectivity index (χ4v) is 4.84. The highest BCUT2D eigenvalue weighted by Crippen LogP contribution is 2.34. The average Bonchev–Trinajstić information content (AvgIpc) is 3.31. The molecule has 5 rings (SSSR count). The first-order valence-corrected chi connectivity index (χ1v) is 11.3. The van der Waals surface area contributed by atoms with Gasteiger partial charge in [-0.15, -0.1) is 0 Å². The molecule has 2 heterocycles. The number of carbonyl (C=O) groups excluding carboxylic acids is 4. The summed E-state index contributed by atoms with van der Waals surface area (Å²) in [6.07, 6.45) is 2.56. The number of urea groups is 1. The number of anilines is 2. The molecule has 3 aromatic rings. The van der Waals surface area contributed by atoms with Gasteiger partial charge in [0, 0.05) is 29.2 Å². The minimum atomic E-state index is -0.956.